The zero-order valence-corrected chi connectivity index (χ0v) is 13.2. The monoisotopic (exact) mass is 352 g/mol. The third-order valence-corrected chi connectivity index (χ3v) is 3.38. The Labute approximate surface area is 141 Å². The topological polar surface area (TPSA) is 81.4 Å². The fraction of sp³-hybridized carbons (Fsp3) is 0.176. The van der Waals surface area contributed by atoms with E-state index in [0.717, 1.165) is 12.1 Å². The first-order valence-electron chi connectivity index (χ1n) is 7.18. The lowest BCUT2D eigenvalue weighted by molar-refractivity contribution is -0.137. The fourth-order valence-electron chi connectivity index (χ4n) is 2.09. The molecule has 0 saturated carbocycles. The minimum absolute atomic E-state index is 0.0866. The van der Waals surface area contributed by atoms with Gasteiger partial charge in [-0.15, -0.1) is 0 Å². The highest BCUT2D eigenvalue weighted by Gasteiger charge is 2.33. The molecule has 5 nitrogen and oxygen atoms in total. The fourth-order valence-corrected chi connectivity index (χ4v) is 2.09. The number of carbonyl (C=O) groups excluding carboxylic acids is 2. The molecule has 3 N–H and O–H groups in total. The molecular weight excluding hydrogens is 337 g/mol. The van der Waals surface area contributed by atoms with Crippen LogP contribution < -0.4 is 11.1 Å². The molecule has 1 amide bonds. The number of halogens is 3. The van der Waals surface area contributed by atoms with Gasteiger partial charge in [0, 0.05) is 5.69 Å². The molecule has 0 saturated heterocycles. The molecule has 0 atom stereocenters. The number of aryl methyl sites for hydroxylation is 1. The maximum Gasteiger partial charge on any atom is 0.418 e. The van der Waals surface area contributed by atoms with Gasteiger partial charge in [0.2, 0.25) is 0 Å². The number of anilines is 2. The molecule has 8 heteroatoms. The second kappa shape index (κ2) is 7.25. The van der Waals surface area contributed by atoms with Crippen molar-refractivity contribution in [1.29, 1.82) is 0 Å². The number of amides is 1. The van der Waals surface area contributed by atoms with E-state index in [2.05, 4.69) is 5.32 Å². The Bertz CT molecular complexity index is 804. The molecular formula is C17H15F3N2O3. The van der Waals surface area contributed by atoms with Crippen LogP contribution in [0.1, 0.15) is 21.5 Å². The van der Waals surface area contributed by atoms with E-state index in [1.807, 2.05) is 0 Å². The van der Waals surface area contributed by atoms with Gasteiger partial charge in [0.1, 0.15) is 0 Å². The van der Waals surface area contributed by atoms with E-state index < -0.39 is 35.9 Å². The molecule has 0 aliphatic rings. The molecule has 0 aliphatic carbocycles. The average Bonchev–Trinajstić information content (AvgIpc) is 2.54. The summed E-state index contributed by atoms with van der Waals surface area (Å²) in [7, 11) is 0. The van der Waals surface area contributed by atoms with Crippen molar-refractivity contribution in [3.05, 3.63) is 59.2 Å². The Morgan fingerprint density at radius 3 is 2.48 bits per heavy atom. The van der Waals surface area contributed by atoms with Crippen LogP contribution in [0.2, 0.25) is 0 Å². The summed E-state index contributed by atoms with van der Waals surface area (Å²) in [6.07, 6.45) is -4.61. The Kier molecular flexibility index (Phi) is 5.31. The maximum absolute atomic E-state index is 12.9. The highest BCUT2D eigenvalue weighted by atomic mass is 19.4. The van der Waals surface area contributed by atoms with Gasteiger partial charge in [-0.25, -0.2) is 4.79 Å². The van der Waals surface area contributed by atoms with Crippen LogP contribution in [0.15, 0.2) is 42.5 Å². The van der Waals surface area contributed by atoms with Gasteiger partial charge >= 0.3 is 12.1 Å². The summed E-state index contributed by atoms with van der Waals surface area (Å²) in [5.41, 5.74) is 5.32. The molecule has 0 aliphatic heterocycles. The predicted molar refractivity (Wildman–Crippen MR) is 85.9 cm³/mol. The van der Waals surface area contributed by atoms with E-state index in [0.29, 0.717) is 5.56 Å². The smallest absolute Gasteiger partial charge is 0.418 e. The summed E-state index contributed by atoms with van der Waals surface area (Å²) in [6, 6.07) is 9.25. The van der Waals surface area contributed by atoms with Gasteiger partial charge < -0.3 is 15.8 Å². The lowest BCUT2D eigenvalue weighted by Gasteiger charge is -2.13. The van der Waals surface area contributed by atoms with Gasteiger partial charge in [-0.05, 0) is 30.7 Å². The molecule has 0 spiro atoms. The second-order valence-corrected chi connectivity index (χ2v) is 5.20. The summed E-state index contributed by atoms with van der Waals surface area (Å²) in [5, 5.41) is 2.08. The molecule has 0 fully saturated rings. The Morgan fingerprint density at radius 1 is 1.12 bits per heavy atom. The first kappa shape index (κ1) is 18.3. The highest BCUT2D eigenvalue weighted by molar-refractivity contribution is 5.98. The highest BCUT2D eigenvalue weighted by Crippen LogP contribution is 2.34. The Morgan fingerprint density at radius 2 is 1.80 bits per heavy atom. The van der Waals surface area contributed by atoms with Crippen LogP contribution in [0.3, 0.4) is 0 Å². The number of para-hydroxylation sites is 2. The number of rotatable bonds is 4. The Hall–Kier alpha value is -3.03. The Balaban J connectivity index is 2.02. The third-order valence-electron chi connectivity index (χ3n) is 3.38. The predicted octanol–water partition coefficient (Wildman–Crippen LogP) is 3.39. The van der Waals surface area contributed by atoms with Gasteiger partial charge in [0.15, 0.2) is 6.61 Å². The zero-order chi connectivity index (χ0) is 18.6. The molecule has 132 valence electrons. The van der Waals surface area contributed by atoms with E-state index in [9.17, 15) is 22.8 Å². The van der Waals surface area contributed by atoms with Crippen LogP contribution in [0.25, 0.3) is 0 Å². The molecule has 2 aromatic carbocycles. The number of nitrogen functional groups attached to an aromatic ring is 1. The summed E-state index contributed by atoms with van der Waals surface area (Å²) in [5.74, 6) is -1.73. The van der Waals surface area contributed by atoms with Gasteiger partial charge in [0.25, 0.3) is 5.91 Å². The average molecular weight is 352 g/mol. The van der Waals surface area contributed by atoms with Crippen molar-refractivity contribution in [2.24, 2.45) is 0 Å². The molecule has 2 aromatic rings. The molecule has 0 aromatic heterocycles. The SMILES string of the molecule is Cc1cccc(C(=O)OCC(=O)Nc2ccccc2C(F)(F)F)c1N. The van der Waals surface area contributed by atoms with Crippen molar-refractivity contribution < 1.29 is 27.5 Å². The standard InChI is InChI=1S/C17H15F3N2O3/c1-10-5-4-6-11(15(10)21)16(24)25-9-14(23)22-13-8-3-2-7-12(13)17(18,19)20/h2-8H,9,21H2,1H3,(H,22,23). The van der Waals surface area contributed by atoms with Crippen molar-refractivity contribution in [3.63, 3.8) is 0 Å². The van der Waals surface area contributed by atoms with Crippen LogP contribution in [0.5, 0.6) is 0 Å². The van der Waals surface area contributed by atoms with Crippen molar-refractivity contribution in [2.45, 2.75) is 13.1 Å². The van der Waals surface area contributed by atoms with Crippen molar-refractivity contribution in [2.75, 3.05) is 17.7 Å². The van der Waals surface area contributed by atoms with Gasteiger partial charge in [0.05, 0.1) is 16.8 Å². The van der Waals surface area contributed by atoms with Gasteiger partial charge in [-0.2, -0.15) is 13.2 Å². The van der Waals surface area contributed by atoms with Crippen LogP contribution in [-0.2, 0) is 15.7 Å². The van der Waals surface area contributed by atoms with E-state index >= 15 is 0 Å². The largest absolute Gasteiger partial charge is 0.452 e. The lowest BCUT2D eigenvalue weighted by Crippen LogP contribution is -2.23. The molecule has 0 bridgehead atoms. The minimum atomic E-state index is -4.61. The van der Waals surface area contributed by atoms with Crippen LogP contribution in [0, 0.1) is 6.92 Å². The molecule has 0 unspecified atom stereocenters. The summed E-state index contributed by atoms with van der Waals surface area (Å²) >= 11 is 0. The normalized spacial score (nSPS) is 11.0. The number of ether oxygens (including phenoxy) is 1. The summed E-state index contributed by atoms with van der Waals surface area (Å²) in [4.78, 5) is 23.7. The number of nitrogens with two attached hydrogens (primary N) is 1. The van der Waals surface area contributed by atoms with E-state index in [4.69, 9.17) is 10.5 Å². The number of hydrogen-bond donors (Lipinski definition) is 2. The molecule has 25 heavy (non-hydrogen) atoms. The van der Waals surface area contributed by atoms with Gasteiger partial charge in [-0.1, -0.05) is 24.3 Å². The van der Waals surface area contributed by atoms with E-state index in [-0.39, 0.29) is 11.3 Å². The van der Waals surface area contributed by atoms with Crippen molar-refractivity contribution >= 4 is 23.3 Å². The van der Waals surface area contributed by atoms with Gasteiger partial charge in [-0.3, -0.25) is 4.79 Å². The second-order valence-electron chi connectivity index (χ2n) is 5.20. The van der Waals surface area contributed by atoms with Crippen LogP contribution >= 0.6 is 0 Å². The number of hydrogen-bond acceptors (Lipinski definition) is 4. The maximum atomic E-state index is 12.9. The molecule has 0 radical (unpaired) electrons. The quantitative estimate of drug-likeness (QED) is 0.653. The minimum Gasteiger partial charge on any atom is -0.452 e. The number of carbonyl (C=O) groups is 2. The number of nitrogens with one attached hydrogen (secondary N) is 1. The number of alkyl halides is 3. The van der Waals surface area contributed by atoms with E-state index in [1.165, 1.54) is 18.2 Å². The van der Waals surface area contributed by atoms with Crippen molar-refractivity contribution in [1.82, 2.24) is 0 Å². The zero-order valence-electron chi connectivity index (χ0n) is 13.2. The summed E-state index contributed by atoms with van der Waals surface area (Å²) in [6.45, 7) is 0.964. The molecule has 0 heterocycles. The number of benzene rings is 2. The third kappa shape index (κ3) is 4.50. The number of esters is 1. The summed E-state index contributed by atoms with van der Waals surface area (Å²) < 4.78 is 43.4. The first-order chi connectivity index (χ1) is 11.7. The van der Waals surface area contributed by atoms with Crippen LogP contribution in [0.4, 0.5) is 24.5 Å². The first-order valence-corrected chi connectivity index (χ1v) is 7.18. The molecule has 2 rings (SSSR count). The van der Waals surface area contributed by atoms with Crippen LogP contribution in [-0.4, -0.2) is 18.5 Å². The lowest BCUT2D eigenvalue weighted by atomic mass is 10.1. The van der Waals surface area contributed by atoms with Crippen molar-refractivity contribution in [3.8, 4) is 0 Å². The van der Waals surface area contributed by atoms with E-state index in [1.54, 1.807) is 19.1 Å².